The molecule has 0 aliphatic heterocycles. The van der Waals surface area contributed by atoms with Crippen molar-refractivity contribution in [1.82, 2.24) is 4.90 Å². The van der Waals surface area contributed by atoms with Crippen LogP contribution in [0.4, 0.5) is 0 Å². The Labute approximate surface area is 104 Å². The van der Waals surface area contributed by atoms with E-state index in [1.165, 1.54) is 0 Å². The highest BCUT2D eigenvalue weighted by Crippen LogP contribution is 2.29. The molecule has 4 nitrogen and oxygen atoms in total. The van der Waals surface area contributed by atoms with Gasteiger partial charge in [-0.3, -0.25) is 4.79 Å². The Hall–Kier alpha value is -0.610. The molecule has 1 fully saturated rings. The second kappa shape index (κ2) is 5.36. The van der Waals surface area contributed by atoms with Crippen molar-refractivity contribution in [1.29, 1.82) is 0 Å². The third-order valence-electron chi connectivity index (χ3n) is 3.48. The van der Waals surface area contributed by atoms with Gasteiger partial charge in [-0.2, -0.15) is 0 Å². The number of carbonyl (C=O) groups excluding carboxylic acids is 1. The summed E-state index contributed by atoms with van der Waals surface area (Å²) in [5.74, 6) is 0.566. The van der Waals surface area contributed by atoms with Crippen molar-refractivity contribution >= 4 is 5.91 Å². The predicted octanol–water partition coefficient (Wildman–Crippen LogP) is 0.979. The van der Waals surface area contributed by atoms with Crippen LogP contribution in [0.5, 0.6) is 0 Å². The second-order valence-corrected chi connectivity index (χ2v) is 6.20. The molecule has 0 saturated heterocycles. The van der Waals surface area contributed by atoms with Crippen LogP contribution in [0.1, 0.15) is 40.0 Å². The van der Waals surface area contributed by atoms with Crippen LogP contribution < -0.4 is 5.73 Å². The van der Waals surface area contributed by atoms with Crippen LogP contribution in [0, 0.1) is 11.8 Å². The lowest BCUT2D eigenvalue weighted by Crippen LogP contribution is -2.49. The fraction of sp³-hybridized carbons (Fsp3) is 0.923. The Balaban J connectivity index is 2.61. The molecule has 3 unspecified atom stereocenters. The molecule has 0 radical (unpaired) electrons. The van der Waals surface area contributed by atoms with Crippen molar-refractivity contribution in [2.24, 2.45) is 17.6 Å². The van der Waals surface area contributed by atoms with Gasteiger partial charge in [-0.25, -0.2) is 0 Å². The van der Waals surface area contributed by atoms with Crippen molar-refractivity contribution in [2.75, 3.05) is 13.6 Å². The molecule has 0 spiro atoms. The molecule has 100 valence electrons. The van der Waals surface area contributed by atoms with Gasteiger partial charge in [-0.15, -0.1) is 0 Å². The van der Waals surface area contributed by atoms with E-state index < -0.39 is 5.60 Å². The topological polar surface area (TPSA) is 66.6 Å². The maximum Gasteiger partial charge on any atom is 0.227 e. The van der Waals surface area contributed by atoms with Gasteiger partial charge < -0.3 is 15.7 Å². The van der Waals surface area contributed by atoms with E-state index in [1.807, 2.05) is 0 Å². The summed E-state index contributed by atoms with van der Waals surface area (Å²) in [6.07, 6.45) is 2.91. The number of carbonyl (C=O) groups is 1. The fourth-order valence-corrected chi connectivity index (χ4v) is 2.63. The first kappa shape index (κ1) is 14.5. The van der Waals surface area contributed by atoms with Crippen LogP contribution in [-0.4, -0.2) is 41.1 Å². The SMILES string of the molecule is CC1CCC(N)C(C(=O)N(C)CC(C)(C)O)C1. The smallest absolute Gasteiger partial charge is 0.227 e. The highest BCUT2D eigenvalue weighted by molar-refractivity contribution is 5.79. The van der Waals surface area contributed by atoms with Gasteiger partial charge >= 0.3 is 0 Å². The Kier molecular flexibility index (Phi) is 4.55. The van der Waals surface area contributed by atoms with Crippen LogP contribution in [0.2, 0.25) is 0 Å². The molecule has 1 aliphatic rings. The van der Waals surface area contributed by atoms with Crippen molar-refractivity contribution < 1.29 is 9.90 Å². The standard InChI is InChI=1S/C13H26N2O2/c1-9-5-6-11(14)10(7-9)12(16)15(4)8-13(2,3)17/h9-11,17H,5-8,14H2,1-4H3. The average molecular weight is 242 g/mol. The van der Waals surface area contributed by atoms with E-state index in [9.17, 15) is 9.90 Å². The number of nitrogens with zero attached hydrogens (tertiary/aromatic N) is 1. The van der Waals surface area contributed by atoms with E-state index in [4.69, 9.17) is 5.73 Å². The van der Waals surface area contributed by atoms with Gasteiger partial charge in [0.2, 0.25) is 5.91 Å². The summed E-state index contributed by atoms with van der Waals surface area (Å²) in [5, 5.41) is 9.73. The molecule has 0 aromatic rings. The number of amides is 1. The van der Waals surface area contributed by atoms with Gasteiger partial charge in [0.05, 0.1) is 11.5 Å². The van der Waals surface area contributed by atoms with Crippen LogP contribution in [0.25, 0.3) is 0 Å². The molecule has 4 heteroatoms. The monoisotopic (exact) mass is 242 g/mol. The second-order valence-electron chi connectivity index (χ2n) is 6.20. The molecule has 1 amide bonds. The minimum absolute atomic E-state index is 0.0250. The maximum atomic E-state index is 12.3. The summed E-state index contributed by atoms with van der Waals surface area (Å²) in [4.78, 5) is 13.9. The number of hydrogen-bond donors (Lipinski definition) is 2. The minimum Gasteiger partial charge on any atom is -0.389 e. The zero-order valence-electron chi connectivity index (χ0n) is 11.4. The molecule has 1 rings (SSSR count). The summed E-state index contributed by atoms with van der Waals surface area (Å²) in [6, 6.07) is -0.0250. The largest absolute Gasteiger partial charge is 0.389 e. The molecular formula is C13H26N2O2. The van der Waals surface area contributed by atoms with Gasteiger partial charge in [-0.1, -0.05) is 6.92 Å². The molecule has 3 N–H and O–H groups in total. The van der Waals surface area contributed by atoms with E-state index in [2.05, 4.69) is 6.92 Å². The van der Waals surface area contributed by atoms with Gasteiger partial charge in [0, 0.05) is 19.6 Å². The summed E-state index contributed by atoms with van der Waals surface area (Å²) in [6.45, 7) is 5.94. The molecular weight excluding hydrogens is 216 g/mol. The van der Waals surface area contributed by atoms with Crippen molar-refractivity contribution in [3.05, 3.63) is 0 Å². The minimum atomic E-state index is -0.852. The number of hydrogen-bond acceptors (Lipinski definition) is 3. The Morgan fingerprint density at radius 2 is 2.06 bits per heavy atom. The van der Waals surface area contributed by atoms with Crippen LogP contribution in [0.15, 0.2) is 0 Å². The molecule has 1 aliphatic carbocycles. The molecule has 0 bridgehead atoms. The summed E-state index contributed by atoms with van der Waals surface area (Å²) >= 11 is 0. The summed E-state index contributed by atoms with van der Waals surface area (Å²) in [7, 11) is 1.74. The van der Waals surface area contributed by atoms with Gasteiger partial charge in [0.15, 0.2) is 0 Å². The quantitative estimate of drug-likeness (QED) is 0.775. The number of nitrogens with two attached hydrogens (primary N) is 1. The first-order chi connectivity index (χ1) is 7.70. The summed E-state index contributed by atoms with van der Waals surface area (Å²) < 4.78 is 0. The van der Waals surface area contributed by atoms with Crippen molar-refractivity contribution in [2.45, 2.75) is 51.7 Å². The van der Waals surface area contributed by atoms with Crippen molar-refractivity contribution in [3.63, 3.8) is 0 Å². The predicted molar refractivity (Wildman–Crippen MR) is 68.4 cm³/mol. The first-order valence-electron chi connectivity index (χ1n) is 6.43. The molecule has 1 saturated carbocycles. The van der Waals surface area contributed by atoms with Crippen LogP contribution in [0.3, 0.4) is 0 Å². The van der Waals surface area contributed by atoms with Crippen molar-refractivity contribution in [3.8, 4) is 0 Å². The highest BCUT2D eigenvalue weighted by atomic mass is 16.3. The lowest BCUT2D eigenvalue weighted by Gasteiger charge is -2.35. The Morgan fingerprint density at radius 3 is 2.59 bits per heavy atom. The lowest BCUT2D eigenvalue weighted by atomic mass is 9.78. The zero-order valence-corrected chi connectivity index (χ0v) is 11.4. The first-order valence-corrected chi connectivity index (χ1v) is 6.43. The van der Waals surface area contributed by atoms with E-state index in [0.29, 0.717) is 12.5 Å². The average Bonchev–Trinajstić information content (AvgIpc) is 2.18. The van der Waals surface area contributed by atoms with E-state index >= 15 is 0 Å². The zero-order chi connectivity index (χ0) is 13.2. The summed E-state index contributed by atoms with van der Waals surface area (Å²) in [5.41, 5.74) is 5.18. The number of likely N-dealkylation sites (N-methyl/N-ethyl adjacent to an activating group) is 1. The van der Waals surface area contributed by atoms with E-state index in [0.717, 1.165) is 19.3 Å². The van der Waals surface area contributed by atoms with Gasteiger partial charge in [-0.05, 0) is 39.0 Å². The lowest BCUT2D eigenvalue weighted by molar-refractivity contribution is -0.139. The fourth-order valence-electron chi connectivity index (χ4n) is 2.63. The molecule has 0 aromatic heterocycles. The van der Waals surface area contributed by atoms with Gasteiger partial charge in [0.25, 0.3) is 0 Å². The highest BCUT2D eigenvalue weighted by Gasteiger charge is 2.34. The maximum absolute atomic E-state index is 12.3. The number of rotatable bonds is 3. The van der Waals surface area contributed by atoms with E-state index in [1.54, 1.807) is 25.8 Å². The molecule has 17 heavy (non-hydrogen) atoms. The van der Waals surface area contributed by atoms with Crippen LogP contribution >= 0.6 is 0 Å². The molecule has 3 atom stereocenters. The Morgan fingerprint density at radius 1 is 1.47 bits per heavy atom. The third kappa shape index (κ3) is 4.28. The van der Waals surface area contributed by atoms with Gasteiger partial charge in [0.1, 0.15) is 0 Å². The van der Waals surface area contributed by atoms with E-state index in [-0.39, 0.29) is 17.9 Å². The third-order valence-corrected chi connectivity index (χ3v) is 3.48. The number of aliphatic hydroxyl groups is 1. The van der Waals surface area contributed by atoms with Crippen LogP contribution in [-0.2, 0) is 4.79 Å². The normalized spacial score (nSPS) is 30.1. The Bertz CT molecular complexity index is 273. The molecule has 0 aromatic carbocycles. The molecule has 0 heterocycles.